The molecule has 210 valence electrons. The van der Waals surface area contributed by atoms with Gasteiger partial charge in [-0.2, -0.15) is 4.31 Å². The second kappa shape index (κ2) is 12.8. The molecule has 2 aromatic rings. The molecule has 1 aliphatic heterocycles. The summed E-state index contributed by atoms with van der Waals surface area (Å²) in [5, 5.41) is 12.6. The van der Waals surface area contributed by atoms with Crippen LogP contribution < -0.4 is 10.0 Å². The molecule has 0 radical (unpaired) electrons. The zero-order valence-electron chi connectivity index (χ0n) is 20.6. The highest BCUT2D eigenvalue weighted by atomic mass is 32.3. The average Bonchev–Trinajstić information content (AvgIpc) is 3.33. The fraction of sp³-hybridized carbons (Fsp3) is 0.476. The van der Waals surface area contributed by atoms with Crippen LogP contribution in [-0.2, 0) is 47.6 Å². The highest BCUT2D eigenvalue weighted by Gasteiger charge is 2.40. The van der Waals surface area contributed by atoms with Crippen molar-refractivity contribution in [2.75, 3.05) is 33.4 Å². The molecule has 0 unspecified atom stereocenters. The lowest BCUT2D eigenvalue weighted by atomic mass is 10.1. The number of sulfonamides is 2. The number of ether oxygens (including phenoxy) is 2. The molecule has 0 fully saturated rings. The fourth-order valence-electron chi connectivity index (χ4n) is 3.75. The first-order valence-electron chi connectivity index (χ1n) is 11.4. The number of nitrogens with zero attached hydrogens (tertiary/aromatic N) is 2. The van der Waals surface area contributed by atoms with Crippen LogP contribution >= 0.6 is 11.3 Å². The molecule has 1 aromatic heterocycles. The topological polar surface area (TPSA) is 183 Å². The highest BCUT2D eigenvalue weighted by molar-refractivity contribution is 7.94. The van der Waals surface area contributed by atoms with E-state index in [-0.39, 0.29) is 34.7 Å². The van der Waals surface area contributed by atoms with Gasteiger partial charge >= 0.3 is 6.09 Å². The monoisotopic (exact) mass is 592 g/mol. The lowest BCUT2D eigenvalue weighted by molar-refractivity contribution is -0.763. The number of methoxy groups -OCH3 is 1. The van der Waals surface area contributed by atoms with Crippen molar-refractivity contribution in [2.24, 2.45) is 0 Å². The van der Waals surface area contributed by atoms with Crippen LogP contribution in [0.5, 0.6) is 0 Å². The number of rotatable bonds is 13. The lowest BCUT2D eigenvalue weighted by Crippen LogP contribution is -2.43. The van der Waals surface area contributed by atoms with Gasteiger partial charge in [-0.25, -0.2) is 26.4 Å². The van der Waals surface area contributed by atoms with Crippen LogP contribution in [0.25, 0.3) is 0 Å². The van der Waals surface area contributed by atoms with Gasteiger partial charge in [0.1, 0.15) is 21.6 Å². The van der Waals surface area contributed by atoms with E-state index in [4.69, 9.17) is 9.47 Å². The average molecular weight is 593 g/mol. The van der Waals surface area contributed by atoms with E-state index in [1.54, 1.807) is 22.9 Å². The first-order valence-corrected chi connectivity index (χ1v) is 15.1. The largest absolute Gasteiger partial charge is 0.444 e. The zero-order valence-corrected chi connectivity index (χ0v) is 23.1. The number of carbonyl (C=O) groups is 1. The Balaban J connectivity index is 1.73. The summed E-state index contributed by atoms with van der Waals surface area (Å²) < 4.78 is 64.9. The molecule has 0 saturated carbocycles. The highest BCUT2D eigenvalue weighted by Crippen LogP contribution is 2.40. The van der Waals surface area contributed by atoms with E-state index < -0.39 is 37.3 Å². The maximum Gasteiger partial charge on any atom is 0.421 e. The third kappa shape index (κ3) is 7.39. The standard InChI is InChI=1S/C21H28N4O10S3/c1-3-22-18-12-24(8-5-9-33-2)38(31,32)20-17(18)11-19(36-20)37(29,30)23-21(26)34-13-15-6-4-7-16(10-15)14-35-25(27)28/h4,6-7,10-11,18,22H,3,5,8-9,12-14H2,1-2H3,(H,23,26)/t18-/m0/s1. The summed E-state index contributed by atoms with van der Waals surface area (Å²) in [5.74, 6) is 0. The van der Waals surface area contributed by atoms with E-state index in [0.717, 1.165) is 0 Å². The summed E-state index contributed by atoms with van der Waals surface area (Å²) >= 11 is 0.560. The van der Waals surface area contributed by atoms with Gasteiger partial charge in [0.05, 0.1) is 0 Å². The molecule has 17 heteroatoms. The Morgan fingerprint density at radius 3 is 2.63 bits per heavy atom. The number of nitrogens with one attached hydrogen (secondary N) is 2. The van der Waals surface area contributed by atoms with Crippen molar-refractivity contribution in [1.82, 2.24) is 14.3 Å². The van der Waals surface area contributed by atoms with Crippen molar-refractivity contribution < 1.29 is 41.0 Å². The first kappa shape index (κ1) is 29.7. The van der Waals surface area contributed by atoms with Crippen molar-refractivity contribution in [3.05, 3.63) is 57.1 Å². The summed E-state index contributed by atoms with van der Waals surface area (Å²) in [6, 6.07) is 7.05. The van der Waals surface area contributed by atoms with Gasteiger partial charge in [-0.1, -0.05) is 31.2 Å². The molecule has 1 amide bonds. The quantitative estimate of drug-likeness (QED) is 0.196. The van der Waals surface area contributed by atoms with Crippen LogP contribution in [0.1, 0.15) is 36.1 Å². The predicted molar refractivity (Wildman–Crippen MR) is 135 cm³/mol. The summed E-state index contributed by atoms with van der Waals surface area (Å²) in [6.07, 6.45) is -0.796. The predicted octanol–water partition coefficient (Wildman–Crippen LogP) is 1.76. The van der Waals surface area contributed by atoms with Gasteiger partial charge < -0.3 is 19.6 Å². The molecule has 38 heavy (non-hydrogen) atoms. The Labute approximate surface area is 224 Å². The van der Waals surface area contributed by atoms with E-state index in [1.165, 1.54) is 23.5 Å². The van der Waals surface area contributed by atoms with Gasteiger partial charge in [-0.05, 0) is 30.2 Å². The van der Waals surface area contributed by atoms with E-state index >= 15 is 0 Å². The molecule has 1 aliphatic rings. The summed E-state index contributed by atoms with van der Waals surface area (Å²) in [4.78, 5) is 26.9. The molecule has 0 aliphatic carbocycles. The Morgan fingerprint density at radius 2 is 1.97 bits per heavy atom. The normalized spacial score (nSPS) is 16.9. The molecule has 3 rings (SSSR count). The smallest absolute Gasteiger partial charge is 0.421 e. The Kier molecular flexibility index (Phi) is 10.0. The number of amides is 1. The van der Waals surface area contributed by atoms with Gasteiger partial charge in [0.2, 0.25) is 0 Å². The van der Waals surface area contributed by atoms with Crippen LogP contribution in [0.3, 0.4) is 0 Å². The number of benzene rings is 1. The summed E-state index contributed by atoms with van der Waals surface area (Å²) in [5.41, 5.74) is 1.22. The van der Waals surface area contributed by atoms with E-state index in [9.17, 15) is 31.7 Å². The van der Waals surface area contributed by atoms with Crippen LogP contribution in [0.15, 0.2) is 38.8 Å². The Morgan fingerprint density at radius 1 is 1.26 bits per heavy atom. The molecule has 0 spiro atoms. The minimum Gasteiger partial charge on any atom is -0.444 e. The third-order valence-electron chi connectivity index (χ3n) is 5.43. The molecule has 0 saturated heterocycles. The lowest BCUT2D eigenvalue weighted by Gasteiger charge is -2.32. The molecular formula is C21H28N4O10S3. The van der Waals surface area contributed by atoms with Crippen molar-refractivity contribution in [2.45, 2.75) is 41.0 Å². The van der Waals surface area contributed by atoms with Crippen molar-refractivity contribution in [3.63, 3.8) is 0 Å². The van der Waals surface area contributed by atoms with E-state index in [0.29, 0.717) is 47.6 Å². The molecule has 0 bridgehead atoms. The van der Waals surface area contributed by atoms with Gasteiger partial charge in [-0.3, -0.25) is 0 Å². The number of fused-ring (bicyclic) bond motifs is 1. The third-order valence-corrected chi connectivity index (χ3v) is 10.8. The van der Waals surface area contributed by atoms with Crippen LogP contribution in [0, 0.1) is 10.1 Å². The Hall–Kier alpha value is -2.83. The maximum atomic E-state index is 13.2. The number of hydrogen-bond acceptors (Lipinski definition) is 12. The number of hydrogen-bond donors (Lipinski definition) is 2. The molecule has 2 heterocycles. The van der Waals surface area contributed by atoms with Gasteiger partial charge in [0.15, 0.2) is 0 Å². The minimum atomic E-state index is -4.44. The second-order valence-electron chi connectivity index (χ2n) is 8.13. The molecule has 1 aromatic carbocycles. The summed E-state index contributed by atoms with van der Waals surface area (Å²) in [6.45, 7) is 2.47. The number of thiophene rings is 1. The van der Waals surface area contributed by atoms with Gasteiger partial charge in [0.25, 0.3) is 25.1 Å². The minimum absolute atomic E-state index is 0.102. The van der Waals surface area contributed by atoms with Crippen LogP contribution in [0.4, 0.5) is 4.79 Å². The Bertz CT molecular complexity index is 1360. The van der Waals surface area contributed by atoms with E-state index in [2.05, 4.69) is 10.2 Å². The SMILES string of the molecule is CCN[C@H]1CN(CCCOC)S(=O)(=O)c2sc(S(=O)(=O)NC(=O)OCc3cccc(CO[N+](=O)[O-])c3)cc21. The van der Waals surface area contributed by atoms with Gasteiger partial charge in [-0.15, -0.1) is 21.5 Å². The molecule has 2 N–H and O–H groups in total. The van der Waals surface area contributed by atoms with E-state index in [1.807, 2.05) is 6.92 Å². The van der Waals surface area contributed by atoms with Crippen LogP contribution in [-0.4, -0.2) is 65.7 Å². The molecule has 1 atom stereocenters. The molecule has 14 nitrogen and oxygen atoms in total. The maximum absolute atomic E-state index is 13.2. The number of likely N-dealkylation sites (N-methyl/N-ethyl adjacent to an activating group) is 1. The van der Waals surface area contributed by atoms with Crippen molar-refractivity contribution >= 4 is 37.5 Å². The zero-order chi connectivity index (χ0) is 27.9. The van der Waals surface area contributed by atoms with Gasteiger partial charge in [0, 0.05) is 38.4 Å². The van der Waals surface area contributed by atoms with Crippen molar-refractivity contribution in [1.29, 1.82) is 0 Å². The van der Waals surface area contributed by atoms with Crippen LogP contribution in [0.2, 0.25) is 0 Å². The summed E-state index contributed by atoms with van der Waals surface area (Å²) in [7, 11) is -6.87. The fourth-order valence-corrected chi connectivity index (χ4v) is 8.53. The second-order valence-corrected chi connectivity index (χ2v) is 13.2. The first-order chi connectivity index (χ1) is 18.0. The molecular weight excluding hydrogens is 564 g/mol. The number of carbonyl (C=O) groups excluding carboxylic acids is 1. The van der Waals surface area contributed by atoms with Crippen molar-refractivity contribution in [3.8, 4) is 0 Å².